The van der Waals surface area contributed by atoms with Gasteiger partial charge in [0.15, 0.2) is 0 Å². The number of aryl methyl sites for hydroxylation is 2. The van der Waals surface area contributed by atoms with Crippen LogP contribution in [0.25, 0.3) is 0 Å². The number of aromatic hydroxyl groups is 1. The van der Waals surface area contributed by atoms with Crippen LogP contribution in [-0.2, 0) is 4.74 Å². The highest BCUT2D eigenvalue weighted by molar-refractivity contribution is 5.68. The first kappa shape index (κ1) is 19.3. The van der Waals surface area contributed by atoms with Crippen LogP contribution in [-0.4, -0.2) is 34.5 Å². The Morgan fingerprint density at radius 2 is 1.83 bits per heavy atom. The third-order valence-electron chi connectivity index (χ3n) is 3.44. The molecule has 0 bridgehead atoms. The van der Waals surface area contributed by atoms with Gasteiger partial charge in [0.05, 0.1) is 12.1 Å². The molecule has 1 aromatic carbocycles. The monoisotopic (exact) mass is 324 g/mol. The summed E-state index contributed by atoms with van der Waals surface area (Å²) in [6, 6.07) is 2.59. The number of carbonyl (C=O) groups excluding carboxylic acids is 1. The Kier molecular flexibility index (Phi) is 6.41. The summed E-state index contributed by atoms with van der Waals surface area (Å²) in [5.41, 5.74) is 7.17. The molecular formula is C17H28N2O4. The summed E-state index contributed by atoms with van der Waals surface area (Å²) in [6.45, 7) is 9.24. The van der Waals surface area contributed by atoms with Crippen LogP contribution < -0.4 is 11.1 Å². The molecule has 6 nitrogen and oxygen atoms in total. The zero-order valence-corrected chi connectivity index (χ0v) is 14.5. The molecular weight excluding hydrogens is 296 g/mol. The second kappa shape index (κ2) is 7.66. The molecule has 0 aliphatic rings. The van der Waals surface area contributed by atoms with E-state index in [0.29, 0.717) is 18.5 Å². The number of benzene rings is 1. The van der Waals surface area contributed by atoms with Gasteiger partial charge in [-0.15, -0.1) is 0 Å². The van der Waals surface area contributed by atoms with Crippen LogP contribution in [0, 0.1) is 13.8 Å². The van der Waals surface area contributed by atoms with Crippen LogP contribution in [0.4, 0.5) is 4.79 Å². The van der Waals surface area contributed by atoms with Crippen molar-refractivity contribution in [2.75, 3.05) is 6.54 Å². The second-order valence-corrected chi connectivity index (χ2v) is 6.77. The summed E-state index contributed by atoms with van der Waals surface area (Å²) in [7, 11) is 0. The maximum atomic E-state index is 12.0. The maximum Gasteiger partial charge on any atom is 0.407 e. The molecule has 1 rings (SSSR count). The topological polar surface area (TPSA) is 105 Å². The first-order chi connectivity index (χ1) is 10.5. The number of nitrogens with one attached hydrogen (secondary N) is 1. The van der Waals surface area contributed by atoms with Crippen molar-refractivity contribution < 1.29 is 19.7 Å². The van der Waals surface area contributed by atoms with Crippen LogP contribution in [0.15, 0.2) is 12.1 Å². The van der Waals surface area contributed by atoms with E-state index in [-0.39, 0.29) is 5.75 Å². The molecule has 0 heterocycles. The van der Waals surface area contributed by atoms with Crippen LogP contribution in [0.2, 0.25) is 0 Å². The zero-order chi connectivity index (χ0) is 17.8. The fourth-order valence-corrected chi connectivity index (χ4v) is 2.57. The lowest BCUT2D eigenvalue weighted by atomic mass is 9.92. The molecule has 1 aromatic rings. The van der Waals surface area contributed by atoms with E-state index in [1.54, 1.807) is 46.8 Å². The molecule has 0 aromatic heterocycles. The van der Waals surface area contributed by atoms with Gasteiger partial charge in [0, 0.05) is 0 Å². The Balaban J connectivity index is 2.99. The number of nitrogens with two attached hydrogens (primary N) is 1. The zero-order valence-electron chi connectivity index (χ0n) is 14.5. The van der Waals surface area contributed by atoms with E-state index < -0.39 is 23.8 Å². The van der Waals surface area contributed by atoms with E-state index in [2.05, 4.69) is 5.32 Å². The molecule has 0 saturated heterocycles. The van der Waals surface area contributed by atoms with Crippen molar-refractivity contribution in [3.05, 3.63) is 28.8 Å². The molecule has 5 N–H and O–H groups in total. The minimum Gasteiger partial charge on any atom is -0.508 e. The van der Waals surface area contributed by atoms with Gasteiger partial charge in [-0.3, -0.25) is 0 Å². The standard InChI is InChI=1S/C17H28N2O4/c1-10-8-12(20)9-11(2)14(10)15(21)13(6-7-18)19-16(22)23-17(3,4)5/h8-9,13,15,20-21H,6-7,18H2,1-5H3,(H,19,22). The quantitative estimate of drug-likeness (QED) is 0.665. The van der Waals surface area contributed by atoms with Gasteiger partial charge in [0.25, 0.3) is 0 Å². The van der Waals surface area contributed by atoms with E-state index >= 15 is 0 Å². The van der Waals surface area contributed by atoms with Crippen molar-refractivity contribution in [1.29, 1.82) is 0 Å². The summed E-state index contributed by atoms with van der Waals surface area (Å²) in [5, 5.41) is 23.0. The van der Waals surface area contributed by atoms with Crippen molar-refractivity contribution in [1.82, 2.24) is 5.32 Å². The molecule has 0 radical (unpaired) electrons. The fraction of sp³-hybridized carbons (Fsp3) is 0.588. The molecule has 23 heavy (non-hydrogen) atoms. The Labute approximate surface area is 137 Å². The third kappa shape index (κ3) is 5.73. The van der Waals surface area contributed by atoms with E-state index in [1.807, 2.05) is 0 Å². The first-order valence-electron chi connectivity index (χ1n) is 7.73. The minimum absolute atomic E-state index is 0.145. The van der Waals surface area contributed by atoms with Gasteiger partial charge in [-0.25, -0.2) is 4.79 Å². The van der Waals surface area contributed by atoms with Crippen LogP contribution in [0.5, 0.6) is 5.75 Å². The predicted octanol–water partition coefficient (Wildman–Crippen LogP) is 2.28. The third-order valence-corrected chi connectivity index (χ3v) is 3.44. The normalized spacial score (nSPS) is 14.2. The minimum atomic E-state index is -0.938. The van der Waals surface area contributed by atoms with Gasteiger partial charge in [-0.1, -0.05) is 0 Å². The fourth-order valence-electron chi connectivity index (χ4n) is 2.57. The molecule has 0 aliphatic heterocycles. The SMILES string of the molecule is Cc1cc(O)cc(C)c1C(O)C(CCN)NC(=O)OC(C)(C)C. The molecule has 2 unspecified atom stereocenters. The summed E-state index contributed by atoms with van der Waals surface area (Å²) in [6.07, 6.45) is -1.13. The molecule has 0 aliphatic carbocycles. The van der Waals surface area contributed by atoms with E-state index in [0.717, 1.165) is 11.1 Å². The molecule has 2 atom stereocenters. The van der Waals surface area contributed by atoms with E-state index in [1.165, 1.54) is 0 Å². The van der Waals surface area contributed by atoms with Gasteiger partial charge in [-0.2, -0.15) is 0 Å². The summed E-state index contributed by atoms with van der Waals surface area (Å²) in [5.74, 6) is 0.145. The largest absolute Gasteiger partial charge is 0.508 e. The first-order valence-corrected chi connectivity index (χ1v) is 7.73. The Hall–Kier alpha value is -1.79. The predicted molar refractivity (Wildman–Crippen MR) is 89.4 cm³/mol. The van der Waals surface area contributed by atoms with Crippen molar-refractivity contribution in [2.24, 2.45) is 5.73 Å². The number of amides is 1. The van der Waals surface area contributed by atoms with Gasteiger partial charge >= 0.3 is 6.09 Å². The molecule has 1 amide bonds. The molecule has 130 valence electrons. The van der Waals surface area contributed by atoms with Gasteiger partial charge in [-0.05, 0) is 76.4 Å². The number of phenolic OH excluding ortho intramolecular Hbond substituents is 1. The lowest BCUT2D eigenvalue weighted by molar-refractivity contribution is 0.0414. The lowest BCUT2D eigenvalue weighted by Gasteiger charge is -2.28. The molecule has 0 fully saturated rings. The average molecular weight is 324 g/mol. The summed E-state index contributed by atoms with van der Waals surface area (Å²) < 4.78 is 5.24. The number of rotatable bonds is 5. The van der Waals surface area contributed by atoms with Gasteiger partial charge in [0.1, 0.15) is 11.4 Å². The number of aliphatic hydroxyl groups excluding tert-OH is 1. The second-order valence-electron chi connectivity index (χ2n) is 6.77. The van der Waals surface area contributed by atoms with Crippen LogP contribution in [0.1, 0.15) is 50.0 Å². The average Bonchev–Trinajstić information content (AvgIpc) is 2.34. The Morgan fingerprint density at radius 3 is 2.26 bits per heavy atom. The number of ether oxygens (including phenoxy) is 1. The number of alkyl carbamates (subject to hydrolysis) is 1. The van der Waals surface area contributed by atoms with Crippen molar-refractivity contribution in [3.8, 4) is 5.75 Å². The van der Waals surface area contributed by atoms with Gasteiger partial charge < -0.3 is 26.0 Å². The number of phenols is 1. The van der Waals surface area contributed by atoms with Gasteiger partial charge in [0.2, 0.25) is 0 Å². The highest BCUT2D eigenvalue weighted by atomic mass is 16.6. The number of hydrogen-bond donors (Lipinski definition) is 4. The molecule has 6 heteroatoms. The Morgan fingerprint density at radius 1 is 1.30 bits per heavy atom. The Bertz CT molecular complexity index is 529. The van der Waals surface area contributed by atoms with E-state index in [4.69, 9.17) is 10.5 Å². The number of aliphatic hydroxyl groups is 1. The highest BCUT2D eigenvalue weighted by Crippen LogP contribution is 2.29. The molecule has 0 spiro atoms. The van der Waals surface area contributed by atoms with Crippen LogP contribution in [0.3, 0.4) is 0 Å². The summed E-state index contributed by atoms with van der Waals surface area (Å²) in [4.78, 5) is 12.0. The van der Waals surface area contributed by atoms with Crippen LogP contribution >= 0.6 is 0 Å². The summed E-state index contributed by atoms with van der Waals surface area (Å²) >= 11 is 0. The van der Waals surface area contributed by atoms with Crippen molar-refractivity contribution >= 4 is 6.09 Å². The number of hydrogen-bond acceptors (Lipinski definition) is 5. The highest BCUT2D eigenvalue weighted by Gasteiger charge is 2.27. The molecule has 0 saturated carbocycles. The smallest absolute Gasteiger partial charge is 0.407 e. The maximum absolute atomic E-state index is 12.0. The lowest BCUT2D eigenvalue weighted by Crippen LogP contribution is -2.43. The number of carbonyl (C=O) groups is 1. The van der Waals surface area contributed by atoms with Crippen molar-refractivity contribution in [3.63, 3.8) is 0 Å². The van der Waals surface area contributed by atoms with E-state index in [9.17, 15) is 15.0 Å². The van der Waals surface area contributed by atoms with Crippen molar-refractivity contribution in [2.45, 2.75) is 58.8 Å².